The Kier molecular flexibility index (Phi) is 6.38. The van der Waals surface area contributed by atoms with Gasteiger partial charge in [-0.1, -0.05) is 30.3 Å². The summed E-state index contributed by atoms with van der Waals surface area (Å²) in [5.41, 5.74) is 0.889. The van der Waals surface area contributed by atoms with Crippen LogP contribution in [0.4, 0.5) is 0 Å². The molecular formula is C22H19N3O4. The van der Waals surface area contributed by atoms with Crippen molar-refractivity contribution in [2.24, 2.45) is 0 Å². The van der Waals surface area contributed by atoms with Crippen LogP contribution in [0.5, 0.6) is 5.75 Å². The Morgan fingerprint density at radius 2 is 1.97 bits per heavy atom. The van der Waals surface area contributed by atoms with Crippen molar-refractivity contribution in [1.82, 2.24) is 9.55 Å². The second-order valence-electron chi connectivity index (χ2n) is 6.01. The summed E-state index contributed by atoms with van der Waals surface area (Å²) in [7, 11) is 0. The Labute approximate surface area is 167 Å². The molecule has 0 saturated carbocycles. The Morgan fingerprint density at radius 1 is 1.21 bits per heavy atom. The highest BCUT2D eigenvalue weighted by atomic mass is 16.5. The molecule has 0 amide bonds. The maximum atomic E-state index is 12.6. The first-order chi connectivity index (χ1) is 14.1. The second-order valence-corrected chi connectivity index (χ2v) is 6.01. The standard InChI is InChI=1S/C22H19N3O4/c1-2-28-19-10-6-3-7-16(19)11-12-21(26)29-15-20-24-18-9-5-4-8-17(18)22(27)25(20)14-13-23/h3-12H,2,14-15H2,1H3/b12-11+. The van der Waals surface area contributed by atoms with Crippen LogP contribution in [-0.4, -0.2) is 22.1 Å². The molecule has 146 valence electrons. The van der Waals surface area contributed by atoms with E-state index in [0.717, 1.165) is 5.56 Å². The van der Waals surface area contributed by atoms with E-state index in [0.29, 0.717) is 23.3 Å². The minimum Gasteiger partial charge on any atom is -0.493 e. The summed E-state index contributed by atoms with van der Waals surface area (Å²) < 4.78 is 12.0. The summed E-state index contributed by atoms with van der Waals surface area (Å²) in [4.78, 5) is 29.1. The predicted molar refractivity (Wildman–Crippen MR) is 108 cm³/mol. The number of nitrogens with zero attached hydrogens (tertiary/aromatic N) is 3. The van der Waals surface area contributed by atoms with Crippen LogP contribution in [0.25, 0.3) is 17.0 Å². The quantitative estimate of drug-likeness (QED) is 0.455. The molecule has 0 radical (unpaired) electrons. The van der Waals surface area contributed by atoms with Crippen LogP contribution in [0.3, 0.4) is 0 Å². The highest BCUT2D eigenvalue weighted by molar-refractivity contribution is 5.87. The van der Waals surface area contributed by atoms with E-state index in [1.54, 1.807) is 30.3 Å². The van der Waals surface area contributed by atoms with Crippen molar-refractivity contribution in [3.05, 3.63) is 76.3 Å². The first-order valence-electron chi connectivity index (χ1n) is 9.06. The number of rotatable bonds is 7. The fraction of sp³-hybridized carbons (Fsp3) is 0.182. The van der Waals surface area contributed by atoms with Gasteiger partial charge in [0.1, 0.15) is 18.9 Å². The molecule has 1 aromatic heterocycles. The van der Waals surface area contributed by atoms with Crippen molar-refractivity contribution in [3.8, 4) is 11.8 Å². The van der Waals surface area contributed by atoms with E-state index in [9.17, 15) is 9.59 Å². The smallest absolute Gasteiger partial charge is 0.331 e. The summed E-state index contributed by atoms with van der Waals surface area (Å²) in [5, 5.41) is 9.44. The molecule has 0 atom stereocenters. The lowest BCUT2D eigenvalue weighted by atomic mass is 10.2. The van der Waals surface area contributed by atoms with Crippen molar-refractivity contribution in [3.63, 3.8) is 0 Å². The molecule has 7 heteroatoms. The molecule has 0 saturated heterocycles. The van der Waals surface area contributed by atoms with Gasteiger partial charge in [-0.3, -0.25) is 9.36 Å². The van der Waals surface area contributed by atoms with Gasteiger partial charge in [0.15, 0.2) is 5.82 Å². The maximum absolute atomic E-state index is 12.6. The predicted octanol–water partition coefficient (Wildman–Crippen LogP) is 3.08. The molecule has 3 aromatic rings. The van der Waals surface area contributed by atoms with Gasteiger partial charge in [0.25, 0.3) is 5.56 Å². The summed E-state index contributed by atoms with van der Waals surface area (Å²) in [6.45, 7) is 1.99. The van der Waals surface area contributed by atoms with Crippen LogP contribution >= 0.6 is 0 Å². The topological polar surface area (TPSA) is 94.2 Å². The summed E-state index contributed by atoms with van der Waals surface area (Å²) in [6.07, 6.45) is 2.88. The number of carbonyl (C=O) groups is 1. The van der Waals surface area contributed by atoms with Crippen molar-refractivity contribution >= 4 is 22.9 Å². The number of ether oxygens (including phenoxy) is 2. The Hall–Kier alpha value is -3.92. The number of hydrogen-bond acceptors (Lipinski definition) is 6. The Morgan fingerprint density at radius 3 is 2.76 bits per heavy atom. The number of nitriles is 1. The third-order valence-corrected chi connectivity index (χ3v) is 4.13. The van der Waals surface area contributed by atoms with Gasteiger partial charge >= 0.3 is 5.97 Å². The molecule has 3 rings (SSSR count). The zero-order valence-corrected chi connectivity index (χ0v) is 15.9. The average molecular weight is 389 g/mol. The van der Waals surface area contributed by atoms with E-state index in [1.165, 1.54) is 10.6 Å². The van der Waals surface area contributed by atoms with Crippen molar-refractivity contribution < 1.29 is 14.3 Å². The molecule has 0 unspecified atom stereocenters. The largest absolute Gasteiger partial charge is 0.493 e. The first kappa shape index (κ1) is 19.8. The number of benzene rings is 2. The third-order valence-electron chi connectivity index (χ3n) is 4.13. The maximum Gasteiger partial charge on any atom is 0.331 e. The van der Waals surface area contributed by atoms with E-state index in [4.69, 9.17) is 14.7 Å². The minimum atomic E-state index is -0.595. The summed E-state index contributed by atoms with van der Waals surface area (Å²) in [6, 6.07) is 16.1. The molecule has 7 nitrogen and oxygen atoms in total. The number of carbonyl (C=O) groups excluding carboxylic acids is 1. The lowest BCUT2D eigenvalue weighted by Gasteiger charge is -2.10. The molecule has 0 aliphatic rings. The first-order valence-corrected chi connectivity index (χ1v) is 9.06. The molecule has 0 fully saturated rings. The molecule has 1 heterocycles. The van der Waals surface area contributed by atoms with E-state index < -0.39 is 5.97 Å². The molecular weight excluding hydrogens is 370 g/mol. The molecule has 0 spiro atoms. The van der Waals surface area contributed by atoms with Crippen molar-refractivity contribution in [2.75, 3.05) is 6.61 Å². The van der Waals surface area contributed by atoms with Crippen LogP contribution in [0.1, 0.15) is 18.3 Å². The Bertz CT molecular complexity index is 1160. The fourth-order valence-corrected chi connectivity index (χ4v) is 2.80. The van der Waals surface area contributed by atoms with E-state index in [-0.39, 0.29) is 24.5 Å². The van der Waals surface area contributed by atoms with E-state index >= 15 is 0 Å². The highest BCUT2D eigenvalue weighted by Crippen LogP contribution is 2.19. The normalized spacial score (nSPS) is 10.8. The Balaban J connectivity index is 1.78. The number of hydrogen-bond donors (Lipinski definition) is 0. The average Bonchev–Trinajstić information content (AvgIpc) is 2.74. The summed E-state index contributed by atoms with van der Waals surface area (Å²) >= 11 is 0. The molecule has 2 aromatic carbocycles. The van der Waals surface area contributed by atoms with Gasteiger partial charge in [0, 0.05) is 11.6 Å². The number of fused-ring (bicyclic) bond motifs is 1. The van der Waals surface area contributed by atoms with E-state index in [2.05, 4.69) is 4.98 Å². The molecule has 0 N–H and O–H groups in total. The lowest BCUT2D eigenvalue weighted by molar-refractivity contribution is -0.139. The van der Waals surface area contributed by atoms with Crippen LogP contribution in [-0.2, 0) is 22.7 Å². The highest BCUT2D eigenvalue weighted by Gasteiger charge is 2.12. The van der Waals surface area contributed by atoms with Gasteiger partial charge in [0.2, 0.25) is 0 Å². The zero-order valence-electron chi connectivity index (χ0n) is 15.9. The van der Waals surface area contributed by atoms with Gasteiger partial charge in [0.05, 0.1) is 23.6 Å². The molecule has 0 aliphatic carbocycles. The van der Waals surface area contributed by atoms with Gasteiger partial charge in [-0.15, -0.1) is 0 Å². The van der Waals surface area contributed by atoms with Gasteiger partial charge in [-0.2, -0.15) is 5.26 Å². The van der Waals surface area contributed by atoms with Crippen LogP contribution in [0, 0.1) is 11.3 Å². The van der Waals surface area contributed by atoms with Crippen molar-refractivity contribution in [2.45, 2.75) is 20.1 Å². The van der Waals surface area contributed by atoms with Crippen LogP contribution in [0.15, 0.2) is 59.4 Å². The molecule has 0 aliphatic heterocycles. The van der Waals surface area contributed by atoms with Gasteiger partial charge in [-0.05, 0) is 31.2 Å². The number of para-hydroxylation sites is 2. The minimum absolute atomic E-state index is 0.179. The SMILES string of the molecule is CCOc1ccccc1/C=C/C(=O)OCc1nc2ccccc2c(=O)n1CC#N. The zero-order chi connectivity index (χ0) is 20.6. The monoisotopic (exact) mass is 389 g/mol. The number of esters is 1. The van der Waals surface area contributed by atoms with Crippen LogP contribution < -0.4 is 10.3 Å². The van der Waals surface area contributed by atoms with E-state index in [1.807, 2.05) is 37.3 Å². The third kappa shape index (κ3) is 4.68. The lowest BCUT2D eigenvalue weighted by Crippen LogP contribution is -2.26. The van der Waals surface area contributed by atoms with Gasteiger partial charge < -0.3 is 9.47 Å². The van der Waals surface area contributed by atoms with Crippen molar-refractivity contribution in [1.29, 1.82) is 5.26 Å². The van der Waals surface area contributed by atoms with Crippen LogP contribution in [0.2, 0.25) is 0 Å². The fourth-order valence-electron chi connectivity index (χ4n) is 2.80. The number of aromatic nitrogens is 2. The second kappa shape index (κ2) is 9.33. The summed E-state index contributed by atoms with van der Waals surface area (Å²) in [5.74, 6) is 0.284. The molecule has 0 bridgehead atoms. The molecule has 29 heavy (non-hydrogen) atoms. The van der Waals surface area contributed by atoms with Gasteiger partial charge in [-0.25, -0.2) is 9.78 Å².